The number of amides is 1. The second-order valence-corrected chi connectivity index (χ2v) is 6.92. The van der Waals surface area contributed by atoms with Gasteiger partial charge in [0.05, 0.1) is 25.5 Å². The average molecular weight is 410 g/mol. The van der Waals surface area contributed by atoms with E-state index in [0.717, 1.165) is 10.9 Å². The molecule has 1 aliphatic heterocycles. The summed E-state index contributed by atoms with van der Waals surface area (Å²) in [5, 5.41) is 10.4. The molecule has 1 saturated heterocycles. The number of aliphatic hydroxyl groups is 1. The monoisotopic (exact) mass is 410 g/mol. The normalized spacial score (nSPS) is 16.1. The molecule has 1 aliphatic rings. The van der Waals surface area contributed by atoms with Crippen molar-refractivity contribution in [3.8, 4) is 17.0 Å². The molecule has 0 unspecified atom stereocenters. The minimum absolute atomic E-state index is 0.239. The second-order valence-electron chi connectivity index (χ2n) is 6.92. The zero-order chi connectivity index (χ0) is 21.1. The van der Waals surface area contributed by atoms with Crippen LogP contribution in [-0.4, -0.2) is 55.8 Å². The summed E-state index contributed by atoms with van der Waals surface area (Å²) in [5.41, 5.74) is 1.67. The molecule has 8 heteroatoms. The number of benzene rings is 2. The first-order valence-corrected chi connectivity index (χ1v) is 9.58. The molecule has 4 rings (SSSR count). The van der Waals surface area contributed by atoms with Crippen molar-refractivity contribution in [2.75, 3.05) is 38.4 Å². The lowest BCUT2D eigenvalue weighted by molar-refractivity contribution is 0.0963. The van der Waals surface area contributed by atoms with Crippen LogP contribution >= 0.6 is 0 Å². The van der Waals surface area contributed by atoms with E-state index >= 15 is 0 Å². The smallest absolute Gasteiger partial charge is 0.414 e. The molecule has 30 heavy (non-hydrogen) atoms. The highest BCUT2D eigenvalue weighted by molar-refractivity contribution is 5.94. The fourth-order valence-corrected chi connectivity index (χ4v) is 3.44. The summed E-state index contributed by atoms with van der Waals surface area (Å²) in [5.74, 6) is 0.649. The number of carbonyl (C=O) groups excluding carboxylic acids is 1. The standard InChI is InChI=1S/C22H22N2O6/c1-28-8-9-29-20-5-3-2-4-17(20)19-10-14-6-7-15(11-18(14)21(26)23-19)24-12-16(13-25)30-22(24)27/h2-7,10-11,16,25H,8-9,12-13H2,1H3,(H,23,26)/t16-/m1/s1. The van der Waals surface area contributed by atoms with Crippen LogP contribution in [0.15, 0.2) is 53.3 Å². The summed E-state index contributed by atoms with van der Waals surface area (Å²) < 4.78 is 15.9. The van der Waals surface area contributed by atoms with Gasteiger partial charge < -0.3 is 24.3 Å². The van der Waals surface area contributed by atoms with Crippen LogP contribution in [0.2, 0.25) is 0 Å². The quantitative estimate of drug-likeness (QED) is 0.581. The summed E-state index contributed by atoms with van der Waals surface area (Å²) in [6, 6.07) is 14.5. The van der Waals surface area contributed by atoms with Gasteiger partial charge in [-0.05, 0) is 35.7 Å². The largest absolute Gasteiger partial charge is 0.490 e. The van der Waals surface area contributed by atoms with Crippen molar-refractivity contribution < 1.29 is 24.1 Å². The van der Waals surface area contributed by atoms with Crippen LogP contribution in [0.3, 0.4) is 0 Å². The van der Waals surface area contributed by atoms with Gasteiger partial charge in [0.15, 0.2) is 0 Å². The van der Waals surface area contributed by atoms with Gasteiger partial charge in [-0.1, -0.05) is 18.2 Å². The van der Waals surface area contributed by atoms with Gasteiger partial charge >= 0.3 is 6.09 Å². The third-order valence-electron chi connectivity index (χ3n) is 4.94. The van der Waals surface area contributed by atoms with Crippen molar-refractivity contribution in [3.05, 3.63) is 58.9 Å². The van der Waals surface area contributed by atoms with Crippen LogP contribution in [0.1, 0.15) is 0 Å². The summed E-state index contributed by atoms with van der Waals surface area (Å²) in [6.45, 7) is 0.853. The molecule has 0 bridgehead atoms. The molecule has 1 aromatic heterocycles. The zero-order valence-corrected chi connectivity index (χ0v) is 16.5. The number of hydrogen-bond acceptors (Lipinski definition) is 6. The van der Waals surface area contributed by atoms with Crippen molar-refractivity contribution in [2.24, 2.45) is 0 Å². The van der Waals surface area contributed by atoms with E-state index in [1.54, 1.807) is 25.3 Å². The molecule has 0 saturated carbocycles. The lowest BCUT2D eigenvalue weighted by Gasteiger charge is -2.14. The highest BCUT2D eigenvalue weighted by Gasteiger charge is 2.32. The third-order valence-corrected chi connectivity index (χ3v) is 4.94. The van der Waals surface area contributed by atoms with E-state index in [9.17, 15) is 14.7 Å². The Labute approximate surface area is 172 Å². The van der Waals surface area contributed by atoms with Gasteiger partial charge in [0.1, 0.15) is 18.5 Å². The number of rotatable bonds is 7. The minimum Gasteiger partial charge on any atom is -0.490 e. The van der Waals surface area contributed by atoms with Crippen LogP contribution in [-0.2, 0) is 9.47 Å². The van der Waals surface area contributed by atoms with Gasteiger partial charge in [0.2, 0.25) is 0 Å². The Morgan fingerprint density at radius 1 is 1.17 bits per heavy atom. The number of para-hydroxylation sites is 1. The Hall–Kier alpha value is -3.36. The molecule has 0 radical (unpaired) electrons. The Morgan fingerprint density at radius 3 is 2.77 bits per heavy atom. The van der Waals surface area contributed by atoms with Gasteiger partial charge in [0.25, 0.3) is 5.56 Å². The fourth-order valence-electron chi connectivity index (χ4n) is 3.44. The van der Waals surface area contributed by atoms with E-state index in [0.29, 0.717) is 35.7 Å². The average Bonchev–Trinajstić information content (AvgIpc) is 3.15. The molecule has 1 amide bonds. The molecule has 1 fully saturated rings. The third kappa shape index (κ3) is 3.87. The molecule has 0 spiro atoms. The van der Waals surface area contributed by atoms with Gasteiger partial charge in [-0.2, -0.15) is 0 Å². The van der Waals surface area contributed by atoms with Crippen molar-refractivity contribution >= 4 is 22.6 Å². The van der Waals surface area contributed by atoms with Crippen molar-refractivity contribution in [1.82, 2.24) is 4.98 Å². The van der Waals surface area contributed by atoms with Crippen LogP contribution in [0.25, 0.3) is 22.0 Å². The highest BCUT2D eigenvalue weighted by Crippen LogP contribution is 2.31. The number of fused-ring (bicyclic) bond motifs is 1. The highest BCUT2D eigenvalue weighted by atomic mass is 16.6. The van der Waals surface area contributed by atoms with E-state index in [-0.39, 0.29) is 18.7 Å². The number of aromatic amines is 1. The number of methoxy groups -OCH3 is 1. The number of nitrogens with one attached hydrogen (secondary N) is 1. The molecule has 156 valence electrons. The van der Waals surface area contributed by atoms with E-state index in [1.165, 1.54) is 4.90 Å². The van der Waals surface area contributed by atoms with E-state index in [4.69, 9.17) is 14.2 Å². The van der Waals surface area contributed by atoms with Gasteiger partial charge in [-0.25, -0.2) is 4.79 Å². The summed E-state index contributed by atoms with van der Waals surface area (Å²) >= 11 is 0. The maximum absolute atomic E-state index is 12.8. The second kappa shape index (κ2) is 8.56. The number of ether oxygens (including phenoxy) is 3. The Bertz CT molecular complexity index is 1130. The van der Waals surface area contributed by atoms with Gasteiger partial charge in [-0.15, -0.1) is 0 Å². The molecule has 3 aromatic rings. The fraction of sp³-hybridized carbons (Fsp3) is 0.273. The van der Waals surface area contributed by atoms with Crippen molar-refractivity contribution in [1.29, 1.82) is 0 Å². The molecule has 1 atom stereocenters. The molecular weight excluding hydrogens is 388 g/mol. The van der Waals surface area contributed by atoms with Gasteiger partial charge in [0, 0.05) is 23.7 Å². The zero-order valence-electron chi connectivity index (χ0n) is 16.5. The molecule has 2 N–H and O–H groups in total. The van der Waals surface area contributed by atoms with Crippen molar-refractivity contribution in [3.63, 3.8) is 0 Å². The molecular formula is C22H22N2O6. The van der Waals surface area contributed by atoms with E-state index in [2.05, 4.69) is 4.98 Å². The lowest BCUT2D eigenvalue weighted by Crippen LogP contribution is -2.25. The number of pyridine rings is 1. The van der Waals surface area contributed by atoms with E-state index < -0.39 is 12.2 Å². The summed E-state index contributed by atoms with van der Waals surface area (Å²) in [7, 11) is 1.61. The number of carbonyl (C=O) groups is 1. The van der Waals surface area contributed by atoms with Gasteiger partial charge in [-0.3, -0.25) is 9.69 Å². The molecule has 2 heterocycles. The Morgan fingerprint density at radius 2 is 2.00 bits per heavy atom. The van der Waals surface area contributed by atoms with E-state index in [1.807, 2.05) is 30.3 Å². The first kappa shape index (κ1) is 19.9. The van der Waals surface area contributed by atoms with Crippen LogP contribution in [0, 0.1) is 0 Å². The summed E-state index contributed by atoms with van der Waals surface area (Å²) in [6.07, 6.45) is -1.10. The number of H-pyrrole nitrogens is 1. The number of aromatic nitrogens is 1. The Balaban J connectivity index is 1.69. The first-order chi connectivity index (χ1) is 14.6. The summed E-state index contributed by atoms with van der Waals surface area (Å²) in [4.78, 5) is 29.2. The predicted octanol–water partition coefficient (Wildman–Crippen LogP) is 2.54. The number of anilines is 1. The predicted molar refractivity (Wildman–Crippen MR) is 112 cm³/mol. The molecule has 0 aliphatic carbocycles. The van der Waals surface area contributed by atoms with Crippen LogP contribution in [0.5, 0.6) is 5.75 Å². The number of cyclic esters (lactones) is 1. The van der Waals surface area contributed by atoms with Crippen LogP contribution < -0.4 is 15.2 Å². The first-order valence-electron chi connectivity index (χ1n) is 9.58. The number of hydrogen-bond donors (Lipinski definition) is 2. The lowest BCUT2D eigenvalue weighted by atomic mass is 10.1. The topological polar surface area (TPSA) is 101 Å². The number of nitrogens with zero attached hydrogens (tertiary/aromatic N) is 1. The maximum Gasteiger partial charge on any atom is 0.414 e. The molecule has 2 aromatic carbocycles. The SMILES string of the molecule is COCCOc1ccccc1-c1cc2ccc(N3C[C@H](CO)OC3=O)cc2c(=O)[nH]1. The minimum atomic E-state index is -0.566. The number of aliphatic hydroxyl groups excluding tert-OH is 1. The molecule has 8 nitrogen and oxygen atoms in total. The maximum atomic E-state index is 12.8. The van der Waals surface area contributed by atoms with Crippen LogP contribution in [0.4, 0.5) is 10.5 Å². The Kier molecular flexibility index (Phi) is 5.69. The van der Waals surface area contributed by atoms with Crippen molar-refractivity contribution in [2.45, 2.75) is 6.10 Å².